The van der Waals surface area contributed by atoms with Crippen molar-refractivity contribution in [3.63, 3.8) is 0 Å². The zero-order chi connectivity index (χ0) is 11.5. The van der Waals surface area contributed by atoms with Gasteiger partial charge in [0.05, 0.1) is 6.61 Å². The Labute approximate surface area is 97.8 Å². The van der Waals surface area contributed by atoms with Crippen molar-refractivity contribution in [2.24, 2.45) is 0 Å². The Morgan fingerprint density at radius 2 is 2.31 bits per heavy atom. The molecule has 1 unspecified atom stereocenters. The number of nitrogens with one attached hydrogen (secondary N) is 1. The molecular formula is C13H22N2O. The smallest absolute Gasteiger partial charge is 0.0620 e. The maximum Gasteiger partial charge on any atom is 0.0620 e. The van der Waals surface area contributed by atoms with E-state index in [1.54, 1.807) is 0 Å². The summed E-state index contributed by atoms with van der Waals surface area (Å²) in [4.78, 5) is 0. The molecule has 0 spiro atoms. The molecule has 0 aliphatic carbocycles. The summed E-state index contributed by atoms with van der Waals surface area (Å²) in [5.74, 6) is 0. The average molecular weight is 222 g/mol. The van der Waals surface area contributed by atoms with Crippen molar-refractivity contribution >= 4 is 0 Å². The Morgan fingerprint density at radius 1 is 1.50 bits per heavy atom. The number of ether oxygens (including phenoxy) is 1. The van der Waals surface area contributed by atoms with E-state index < -0.39 is 0 Å². The van der Waals surface area contributed by atoms with E-state index in [-0.39, 0.29) is 0 Å². The first-order valence-electron chi connectivity index (χ1n) is 6.19. The predicted molar refractivity (Wildman–Crippen MR) is 65.6 cm³/mol. The zero-order valence-corrected chi connectivity index (χ0v) is 10.5. The van der Waals surface area contributed by atoms with Crippen molar-refractivity contribution in [1.29, 1.82) is 0 Å². The van der Waals surface area contributed by atoms with E-state index in [0.29, 0.717) is 6.04 Å². The molecule has 1 atom stereocenters. The molecule has 1 fully saturated rings. The Kier molecular flexibility index (Phi) is 3.66. The van der Waals surface area contributed by atoms with Gasteiger partial charge in [-0.05, 0) is 38.8 Å². The van der Waals surface area contributed by atoms with Gasteiger partial charge in [-0.1, -0.05) is 0 Å². The molecule has 0 radical (unpaired) electrons. The highest BCUT2D eigenvalue weighted by atomic mass is 16.5. The Balaban J connectivity index is 1.98. The summed E-state index contributed by atoms with van der Waals surface area (Å²) >= 11 is 0. The second kappa shape index (κ2) is 5.02. The van der Waals surface area contributed by atoms with Crippen molar-refractivity contribution in [2.75, 3.05) is 13.2 Å². The second-order valence-corrected chi connectivity index (χ2v) is 4.58. The molecule has 1 aromatic heterocycles. The molecule has 0 aromatic carbocycles. The van der Waals surface area contributed by atoms with Crippen molar-refractivity contribution < 1.29 is 4.74 Å². The van der Waals surface area contributed by atoms with Gasteiger partial charge >= 0.3 is 0 Å². The maximum atomic E-state index is 5.36. The lowest BCUT2D eigenvalue weighted by Crippen LogP contribution is -2.28. The van der Waals surface area contributed by atoms with Crippen molar-refractivity contribution in [3.8, 4) is 0 Å². The molecule has 1 aliphatic rings. The molecule has 1 aliphatic heterocycles. The van der Waals surface area contributed by atoms with Gasteiger partial charge in [0.2, 0.25) is 0 Å². The Hall–Kier alpha value is -0.800. The molecule has 0 bridgehead atoms. The highest BCUT2D eigenvalue weighted by molar-refractivity contribution is 5.26. The highest BCUT2D eigenvalue weighted by Gasteiger charge is 2.15. The van der Waals surface area contributed by atoms with E-state index in [1.807, 2.05) is 0 Å². The van der Waals surface area contributed by atoms with E-state index in [1.165, 1.54) is 17.0 Å². The van der Waals surface area contributed by atoms with Gasteiger partial charge in [-0.15, -0.1) is 0 Å². The normalized spacial score (nSPS) is 20.6. The average Bonchev–Trinajstić information content (AvgIpc) is 2.85. The third-order valence-electron chi connectivity index (χ3n) is 3.51. The molecule has 1 N–H and O–H groups in total. The Morgan fingerprint density at radius 3 is 2.88 bits per heavy atom. The summed E-state index contributed by atoms with van der Waals surface area (Å²) in [7, 11) is 0. The van der Waals surface area contributed by atoms with E-state index in [0.717, 1.165) is 32.7 Å². The van der Waals surface area contributed by atoms with E-state index in [2.05, 4.69) is 36.7 Å². The van der Waals surface area contributed by atoms with Gasteiger partial charge in [-0.3, -0.25) is 0 Å². The van der Waals surface area contributed by atoms with Crippen molar-refractivity contribution in [2.45, 2.75) is 46.3 Å². The summed E-state index contributed by atoms with van der Waals surface area (Å²) in [6.45, 7) is 10.4. The molecular weight excluding hydrogens is 200 g/mol. The molecule has 1 saturated heterocycles. The molecule has 16 heavy (non-hydrogen) atoms. The minimum Gasteiger partial charge on any atom is -0.380 e. The summed E-state index contributed by atoms with van der Waals surface area (Å²) < 4.78 is 7.72. The topological polar surface area (TPSA) is 26.2 Å². The second-order valence-electron chi connectivity index (χ2n) is 4.58. The first-order valence-corrected chi connectivity index (χ1v) is 6.19. The van der Waals surface area contributed by atoms with Gasteiger partial charge < -0.3 is 14.6 Å². The molecule has 1 aromatic rings. The van der Waals surface area contributed by atoms with Gasteiger partial charge in [-0.2, -0.15) is 0 Å². The third kappa shape index (κ3) is 2.30. The fraction of sp³-hybridized carbons (Fsp3) is 0.692. The molecule has 3 heteroatoms. The number of aryl methyl sites for hydroxylation is 1. The van der Waals surface area contributed by atoms with Crippen molar-refractivity contribution in [3.05, 3.63) is 23.0 Å². The largest absolute Gasteiger partial charge is 0.380 e. The third-order valence-corrected chi connectivity index (χ3v) is 3.51. The summed E-state index contributed by atoms with van der Waals surface area (Å²) in [6.07, 6.45) is 1.15. The van der Waals surface area contributed by atoms with Gasteiger partial charge in [0.25, 0.3) is 0 Å². The van der Waals surface area contributed by atoms with Gasteiger partial charge in [0, 0.05) is 37.1 Å². The minimum absolute atomic E-state index is 0.546. The number of rotatable bonds is 4. The molecule has 0 amide bonds. The van der Waals surface area contributed by atoms with Crippen LogP contribution >= 0.6 is 0 Å². The van der Waals surface area contributed by atoms with Crippen LogP contribution in [0.15, 0.2) is 6.07 Å². The van der Waals surface area contributed by atoms with E-state index in [4.69, 9.17) is 4.74 Å². The van der Waals surface area contributed by atoms with Crippen LogP contribution in [0.4, 0.5) is 0 Å². The maximum absolute atomic E-state index is 5.36. The van der Waals surface area contributed by atoms with Crippen LogP contribution in [0.2, 0.25) is 0 Å². The van der Waals surface area contributed by atoms with Crippen LogP contribution < -0.4 is 5.32 Å². The fourth-order valence-corrected chi connectivity index (χ4v) is 2.49. The van der Waals surface area contributed by atoms with Crippen LogP contribution in [0, 0.1) is 13.8 Å². The van der Waals surface area contributed by atoms with Gasteiger partial charge in [0.1, 0.15) is 0 Å². The summed E-state index contributed by atoms with van der Waals surface area (Å²) in [6, 6.07) is 2.84. The lowest BCUT2D eigenvalue weighted by Gasteiger charge is -2.10. The van der Waals surface area contributed by atoms with Crippen LogP contribution in [0.1, 0.15) is 30.3 Å². The number of nitrogens with zero attached hydrogens (tertiary/aromatic N) is 1. The van der Waals surface area contributed by atoms with Gasteiger partial charge in [0.15, 0.2) is 0 Å². The van der Waals surface area contributed by atoms with Crippen LogP contribution in [0.3, 0.4) is 0 Å². The SMILES string of the molecule is CCn1c(C)cc(CNC2CCOC2)c1C. The first-order chi connectivity index (χ1) is 7.72. The molecule has 3 nitrogen and oxygen atoms in total. The zero-order valence-electron chi connectivity index (χ0n) is 10.5. The minimum atomic E-state index is 0.546. The van der Waals surface area contributed by atoms with Gasteiger partial charge in [-0.25, -0.2) is 0 Å². The predicted octanol–water partition coefficient (Wildman–Crippen LogP) is 2.00. The number of hydrogen-bond acceptors (Lipinski definition) is 2. The highest BCUT2D eigenvalue weighted by Crippen LogP contribution is 2.15. The Bertz CT molecular complexity index is 351. The number of aromatic nitrogens is 1. The van der Waals surface area contributed by atoms with Crippen molar-refractivity contribution in [1.82, 2.24) is 9.88 Å². The van der Waals surface area contributed by atoms with E-state index in [9.17, 15) is 0 Å². The monoisotopic (exact) mass is 222 g/mol. The van der Waals surface area contributed by atoms with Crippen LogP contribution in [0.5, 0.6) is 0 Å². The lowest BCUT2D eigenvalue weighted by atomic mass is 10.2. The number of hydrogen-bond donors (Lipinski definition) is 1. The van der Waals surface area contributed by atoms with Crippen LogP contribution in [-0.2, 0) is 17.8 Å². The molecule has 90 valence electrons. The molecule has 2 heterocycles. The molecule has 2 rings (SSSR count). The summed E-state index contributed by atoms with van der Waals surface area (Å²) in [5.41, 5.74) is 4.18. The summed E-state index contributed by atoms with van der Waals surface area (Å²) in [5, 5.41) is 3.57. The lowest BCUT2D eigenvalue weighted by molar-refractivity contribution is 0.190. The molecule has 0 saturated carbocycles. The standard InChI is InChI=1S/C13H22N2O/c1-4-15-10(2)7-12(11(15)3)8-14-13-5-6-16-9-13/h7,13-14H,4-6,8-9H2,1-3H3. The van der Waals surface area contributed by atoms with E-state index >= 15 is 0 Å². The first kappa shape index (κ1) is 11.7. The van der Waals surface area contributed by atoms with Crippen LogP contribution in [0.25, 0.3) is 0 Å². The quantitative estimate of drug-likeness (QED) is 0.843. The van der Waals surface area contributed by atoms with Crippen LogP contribution in [-0.4, -0.2) is 23.8 Å². The fourth-order valence-electron chi connectivity index (χ4n) is 2.49.